The lowest BCUT2D eigenvalue weighted by Gasteiger charge is -2.35. The molecule has 1 heterocycles. The average Bonchev–Trinajstić information content (AvgIpc) is 2.66. The third-order valence-electron chi connectivity index (χ3n) is 5.08. The summed E-state index contributed by atoms with van der Waals surface area (Å²) in [5.41, 5.74) is 0.697. The minimum atomic E-state index is -3.49. The number of hydrogen-bond acceptors (Lipinski definition) is 4. The van der Waals surface area contributed by atoms with Crippen LogP contribution in [0.2, 0.25) is 0 Å². The molecule has 0 aliphatic carbocycles. The normalized spacial score (nSPS) is 17.3. The van der Waals surface area contributed by atoms with E-state index < -0.39 is 10.0 Å². The first-order chi connectivity index (χ1) is 13.3. The molecule has 1 aromatic carbocycles. The maximum Gasteiger partial charge on any atom is 0.242 e. The second kappa shape index (κ2) is 10.2. The minimum Gasteiger partial charge on any atom is -0.357 e. The van der Waals surface area contributed by atoms with E-state index in [9.17, 15) is 8.42 Å². The minimum absolute atomic E-state index is 0.309. The van der Waals surface area contributed by atoms with Crippen molar-refractivity contribution < 1.29 is 8.42 Å². The van der Waals surface area contributed by atoms with Crippen molar-refractivity contribution >= 4 is 16.0 Å². The van der Waals surface area contributed by atoms with Crippen molar-refractivity contribution in [3.63, 3.8) is 0 Å². The maximum absolute atomic E-state index is 12.6. The van der Waals surface area contributed by atoms with Gasteiger partial charge >= 0.3 is 0 Å². The Morgan fingerprint density at radius 2 is 1.89 bits per heavy atom. The second-order valence-electron chi connectivity index (χ2n) is 7.64. The van der Waals surface area contributed by atoms with Crippen LogP contribution in [-0.2, 0) is 16.6 Å². The summed E-state index contributed by atoms with van der Waals surface area (Å²) >= 11 is 0. The van der Waals surface area contributed by atoms with Gasteiger partial charge in [-0.2, -0.15) is 0 Å². The summed E-state index contributed by atoms with van der Waals surface area (Å²) in [6.07, 6.45) is 2.16. The molecule has 1 fully saturated rings. The molecular formula is C20H35N5O2S. The largest absolute Gasteiger partial charge is 0.357 e. The van der Waals surface area contributed by atoms with E-state index in [0.717, 1.165) is 38.4 Å². The Hall–Kier alpha value is -1.64. The zero-order valence-corrected chi connectivity index (χ0v) is 18.6. The Labute approximate surface area is 170 Å². The number of aliphatic imine (C=N–C) groups is 1. The van der Waals surface area contributed by atoms with Crippen LogP contribution in [0.1, 0.15) is 39.2 Å². The van der Waals surface area contributed by atoms with Crippen LogP contribution in [0.15, 0.2) is 34.2 Å². The van der Waals surface area contributed by atoms with Gasteiger partial charge in [0.05, 0.1) is 11.4 Å². The van der Waals surface area contributed by atoms with Gasteiger partial charge in [0.25, 0.3) is 0 Å². The molecule has 2 N–H and O–H groups in total. The average molecular weight is 410 g/mol. The Bertz CT molecular complexity index is 754. The summed E-state index contributed by atoms with van der Waals surface area (Å²) in [6.45, 7) is 9.73. The molecule has 7 nitrogen and oxygen atoms in total. The Kier molecular flexibility index (Phi) is 8.27. The van der Waals surface area contributed by atoms with Gasteiger partial charge in [-0.3, -0.25) is 0 Å². The van der Waals surface area contributed by atoms with Gasteiger partial charge in [-0.05, 0) is 45.2 Å². The standard InChI is InChI=1S/C20H35N5O2S/c1-6-21-20(23-18-11-13-25(14-12-18)16(2)3)22-15-17-9-7-8-10-19(17)28(26,27)24(4)5/h7-10,16,18H,6,11-15H2,1-5H3,(H2,21,22,23). The van der Waals surface area contributed by atoms with Gasteiger partial charge in [0.15, 0.2) is 5.96 Å². The van der Waals surface area contributed by atoms with Gasteiger partial charge in [-0.25, -0.2) is 17.7 Å². The lowest BCUT2D eigenvalue weighted by atomic mass is 10.0. The van der Waals surface area contributed by atoms with Crippen LogP contribution < -0.4 is 10.6 Å². The number of likely N-dealkylation sites (tertiary alicyclic amines) is 1. The smallest absolute Gasteiger partial charge is 0.242 e. The molecule has 1 saturated heterocycles. The molecular weight excluding hydrogens is 374 g/mol. The van der Waals surface area contributed by atoms with Crippen LogP contribution >= 0.6 is 0 Å². The lowest BCUT2D eigenvalue weighted by molar-refractivity contribution is 0.167. The third-order valence-corrected chi connectivity index (χ3v) is 7.00. The molecule has 0 saturated carbocycles. The van der Waals surface area contributed by atoms with Crippen molar-refractivity contribution in [1.82, 2.24) is 19.8 Å². The van der Waals surface area contributed by atoms with Gasteiger partial charge in [-0.15, -0.1) is 0 Å². The highest BCUT2D eigenvalue weighted by Gasteiger charge is 2.22. The van der Waals surface area contributed by atoms with Crippen LogP contribution in [0.5, 0.6) is 0 Å². The fourth-order valence-corrected chi connectivity index (χ4v) is 4.43. The quantitative estimate of drug-likeness (QED) is 0.531. The predicted molar refractivity (Wildman–Crippen MR) is 115 cm³/mol. The van der Waals surface area contributed by atoms with Crippen LogP contribution in [0.4, 0.5) is 0 Å². The summed E-state index contributed by atoms with van der Waals surface area (Å²) in [6, 6.07) is 8.02. The molecule has 0 unspecified atom stereocenters. The van der Waals surface area contributed by atoms with Crippen molar-refractivity contribution in [3.05, 3.63) is 29.8 Å². The highest BCUT2D eigenvalue weighted by molar-refractivity contribution is 7.89. The number of guanidine groups is 1. The van der Waals surface area contributed by atoms with Crippen LogP contribution in [0.25, 0.3) is 0 Å². The van der Waals surface area contributed by atoms with Gasteiger partial charge in [-0.1, -0.05) is 18.2 Å². The Morgan fingerprint density at radius 3 is 2.46 bits per heavy atom. The molecule has 1 aliphatic heterocycles. The molecule has 2 rings (SSSR count). The molecule has 8 heteroatoms. The maximum atomic E-state index is 12.6. The van der Waals surface area contributed by atoms with E-state index in [2.05, 4.69) is 34.4 Å². The van der Waals surface area contributed by atoms with E-state index >= 15 is 0 Å². The first-order valence-corrected chi connectivity index (χ1v) is 11.5. The number of hydrogen-bond donors (Lipinski definition) is 2. The van der Waals surface area contributed by atoms with E-state index in [4.69, 9.17) is 0 Å². The second-order valence-corrected chi connectivity index (χ2v) is 9.76. The molecule has 0 amide bonds. The first-order valence-electron chi connectivity index (χ1n) is 10.0. The number of nitrogens with zero attached hydrogens (tertiary/aromatic N) is 3. The van der Waals surface area contributed by atoms with Gasteiger partial charge in [0.1, 0.15) is 0 Å². The summed E-state index contributed by atoms with van der Waals surface area (Å²) in [5.74, 6) is 0.738. The van der Waals surface area contributed by atoms with Gasteiger partial charge < -0.3 is 15.5 Å². The highest BCUT2D eigenvalue weighted by Crippen LogP contribution is 2.19. The lowest BCUT2D eigenvalue weighted by Crippen LogP contribution is -2.49. The van der Waals surface area contributed by atoms with Crippen LogP contribution in [0, 0.1) is 0 Å². The predicted octanol–water partition coefficient (Wildman–Crippen LogP) is 1.86. The summed E-state index contributed by atoms with van der Waals surface area (Å²) in [7, 11) is -0.399. The molecule has 0 aromatic heterocycles. The zero-order valence-electron chi connectivity index (χ0n) is 17.8. The van der Waals surface area contributed by atoms with E-state index in [1.807, 2.05) is 19.1 Å². The number of rotatable bonds is 7. The Balaban J connectivity index is 2.10. The summed E-state index contributed by atoms with van der Waals surface area (Å²) in [5, 5.41) is 6.80. The number of sulfonamides is 1. The van der Waals surface area contributed by atoms with Crippen molar-refractivity contribution in [3.8, 4) is 0 Å². The molecule has 28 heavy (non-hydrogen) atoms. The number of benzene rings is 1. The SMILES string of the molecule is CCNC(=NCc1ccccc1S(=O)(=O)N(C)C)NC1CCN(C(C)C)CC1. The number of nitrogens with one attached hydrogen (secondary N) is 2. The zero-order chi connectivity index (χ0) is 20.7. The number of piperidine rings is 1. The molecule has 1 aliphatic rings. The third kappa shape index (κ3) is 5.93. The fraction of sp³-hybridized carbons (Fsp3) is 0.650. The summed E-state index contributed by atoms with van der Waals surface area (Å²) < 4.78 is 26.4. The summed E-state index contributed by atoms with van der Waals surface area (Å²) in [4.78, 5) is 7.46. The molecule has 0 atom stereocenters. The molecule has 0 bridgehead atoms. The highest BCUT2D eigenvalue weighted by atomic mass is 32.2. The fourth-order valence-electron chi connectivity index (χ4n) is 3.32. The van der Waals surface area contributed by atoms with E-state index in [1.165, 1.54) is 4.31 Å². The molecule has 1 aromatic rings. The molecule has 0 radical (unpaired) electrons. The molecule has 0 spiro atoms. The van der Waals surface area contributed by atoms with Crippen molar-refractivity contribution in [2.24, 2.45) is 4.99 Å². The van der Waals surface area contributed by atoms with Crippen molar-refractivity contribution in [2.75, 3.05) is 33.7 Å². The van der Waals surface area contributed by atoms with Crippen LogP contribution in [0.3, 0.4) is 0 Å². The topological polar surface area (TPSA) is 77.0 Å². The van der Waals surface area contributed by atoms with E-state index in [-0.39, 0.29) is 0 Å². The van der Waals surface area contributed by atoms with Crippen LogP contribution in [-0.4, -0.2) is 69.4 Å². The molecule has 158 valence electrons. The Morgan fingerprint density at radius 1 is 1.25 bits per heavy atom. The van der Waals surface area contributed by atoms with Gasteiger partial charge in [0.2, 0.25) is 10.0 Å². The first kappa shape index (κ1) is 22.6. The van der Waals surface area contributed by atoms with Gasteiger partial charge in [0, 0.05) is 45.8 Å². The van der Waals surface area contributed by atoms with E-state index in [1.54, 1.807) is 26.2 Å². The van der Waals surface area contributed by atoms with E-state index in [0.29, 0.717) is 29.1 Å². The van der Waals surface area contributed by atoms with Crippen molar-refractivity contribution in [2.45, 2.75) is 57.1 Å². The van der Waals surface area contributed by atoms with Crippen molar-refractivity contribution in [1.29, 1.82) is 0 Å². The monoisotopic (exact) mass is 409 g/mol.